The number of carbonyl (C=O) groups is 2. The number of rotatable bonds is 7. The maximum atomic E-state index is 12.4. The average molecular weight is 314 g/mol. The number of hydrogen-bond acceptors (Lipinski definition) is 3. The van der Waals surface area contributed by atoms with Gasteiger partial charge >= 0.3 is 0 Å². The van der Waals surface area contributed by atoms with Gasteiger partial charge in [-0.3, -0.25) is 9.59 Å². The Balaban J connectivity index is 2.19. The summed E-state index contributed by atoms with van der Waals surface area (Å²) in [6.45, 7) is 6.05. The van der Waals surface area contributed by atoms with Crippen LogP contribution in [-0.2, 0) is 4.79 Å². The van der Waals surface area contributed by atoms with Crippen molar-refractivity contribution in [2.24, 2.45) is 5.92 Å². The molecule has 0 fully saturated rings. The third kappa shape index (κ3) is 3.72. The zero-order chi connectivity index (χ0) is 17.0. The Labute approximate surface area is 138 Å². The molecule has 0 aliphatic heterocycles. The maximum Gasteiger partial charge on any atom is 0.234 e. The van der Waals surface area contributed by atoms with Gasteiger partial charge in [0, 0.05) is 16.7 Å². The molecule has 0 bridgehead atoms. The van der Waals surface area contributed by atoms with Crippen molar-refractivity contribution in [3.63, 3.8) is 0 Å². The van der Waals surface area contributed by atoms with E-state index < -0.39 is 11.6 Å². The SMILES string of the molecule is CCCCCC[C@H](C)CC1=C(O)c2cccc(C)c2C(=O)C1=O. The number of Topliss-reactive ketones (excluding diaryl/α,β-unsaturated/α-hetero) is 2. The van der Waals surface area contributed by atoms with Crippen LogP contribution >= 0.6 is 0 Å². The highest BCUT2D eigenvalue weighted by atomic mass is 16.3. The second-order valence-electron chi connectivity index (χ2n) is 6.64. The van der Waals surface area contributed by atoms with E-state index in [9.17, 15) is 14.7 Å². The first kappa shape index (κ1) is 17.5. The minimum atomic E-state index is -0.537. The first-order chi connectivity index (χ1) is 11.0. The van der Waals surface area contributed by atoms with Crippen LogP contribution in [0.4, 0.5) is 0 Å². The topological polar surface area (TPSA) is 54.4 Å². The highest BCUT2D eigenvalue weighted by molar-refractivity contribution is 6.52. The van der Waals surface area contributed by atoms with E-state index >= 15 is 0 Å². The fourth-order valence-electron chi connectivity index (χ4n) is 3.25. The molecule has 0 saturated carbocycles. The summed E-state index contributed by atoms with van der Waals surface area (Å²) in [5.41, 5.74) is 1.88. The van der Waals surface area contributed by atoms with Crippen molar-refractivity contribution in [2.75, 3.05) is 0 Å². The largest absolute Gasteiger partial charge is 0.507 e. The molecular formula is C20H26O3. The fourth-order valence-corrected chi connectivity index (χ4v) is 3.25. The number of fused-ring (bicyclic) bond motifs is 1. The Morgan fingerprint density at radius 3 is 2.52 bits per heavy atom. The zero-order valence-electron chi connectivity index (χ0n) is 14.3. The molecule has 3 nitrogen and oxygen atoms in total. The third-order valence-corrected chi connectivity index (χ3v) is 4.62. The van der Waals surface area contributed by atoms with Gasteiger partial charge in [0.2, 0.25) is 11.6 Å². The van der Waals surface area contributed by atoms with Crippen LogP contribution in [0.3, 0.4) is 0 Å². The van der Waals surface area contributed by atoms with E-state index in [0.29, 0.717) is 17.5 Å². The molecule has 0 spiro atoms. The monoisotopic (exact) mass is 314 g/mol. The summed E-state index contributed by atoms with van der Waals surface area (Å²) >= 11 is 0. The highest BCUT2D eigenvalue weighted by Gasteiger charge is 2.34. The van der Waals surface area contributed by atoms with E-state index in [1.54, 1.807) is 25.1 Å². The zero-order valence-corrected chi connectivity index (χ0v) is 14.3. The Morgan fingerprint density at radius 2 is 1.83 bits per heavy atom. The van der Waals surface area contributed by atoms with E-state index in [2.05, 4.69) is 13.8 Å². The van der Waals surface area contributed by atoms with Crippen LogP contribution in [0.25, 0.3) is 5.76 Å². The van der Waals surface area contributed by atoms with Crippen LogP contribution in [0.15, 0.2) is 23.8 Å². The second-order valence-corrected chi connectivity index (χ2v) is 6.64. The normalized spacial score (nSPS) is 15.8. The van der Waals surface area contributed by atoms with Crippen molar-refractivity contribution in [2.45, 2.75) is 59.3 Å². The van der Waals surface area contributed by atoms with Crippen LogP contribution in [0.2, 0.25) is 0 Å². The van der Waals surface area contributed by atoms with Crippen molar-refractivity contribution in [1.82, 2.24) is 0 Å². The molecule has 124 valence electrons. The molecular weight excluding hydrogens is 288 g/mol. The number of benzene rings is 1. The molecule has 1 aromatic carbocycles. The van der Waals surface area contributed by atoms with Gasteiger partial charge in [0.25, 0.3) is 0 Å². The second kappa shape index (κ2) is 7.58. The lowest BCUT2D eigenvalue weighted by Crippen LogP contribution is -2.26. The Morgan fingerprint density at radius 1 is 1.09 bits per heavy atom. The summed E-state index contributed by atoms with van der Waals surface area (Å²) in [7, 11) is 0. The Hall–Kier alpha value is -1.90. The van der Waals surface area contributed by atoms with Gasteiger partial charge in [0.15, 0.2) is 0 Å². The fraction of sp³-hybridized carbons (Fsp3) is 0.500. The summed E-state index contributed by atoms with van der Waals surface area (Å²) in [5, 5.41) is 10.5. The predicted octanol–water partition coefficient (Wildman–Crippen LogP) is 5.03. The van der Waals surface area contributed by atoms with Gasteiger partial charge in [0.05, 0.1) is 0 Å². The smallest absolute Gasteiger partial charge is 0.234 e. The summed E-state index contributed by atoms with van der Waals surface area (Å²) in [6, 6.07) is 5.31. The van der Waals surface area contributed by atoms with Crippen molar-refractivity contribution in [3.05, 3.63) is 40.5 Å². The van der Waals surface area contributed by atoms with E-state index in [1.807, 2.05) is 0 Å². The molecule has 3 heteroatoms. The lowest BCUT2D eigenvalue weighted by molar-refractivity contribution is -0.112. The van der Waals surface area contributed by atoms with Gasteiger partial charge in [-0.2, -0.15) is 0 Å². The number of carbonyl (C=O) groups excluding carboxylic acids is 2. The molecule has 0 heterocycles. The van der Waals surface area contributed by atoms with Crippen LogP contribution in [0.1, 0.15) is 73.9 Å². The number of aliphatic hydroxyl groups is 1. The first-order valence-electron chi connectivity index (χ1n) is 8.58. The van der Waals surface area contributed by atoms with Crippen molar-refractivity contribution >= 4 is 17.3 Å². The standard InChI is InChI=1S/C20H26O3/c1-4-5-6-7-9-13(2)12-16-18(21)15-11-8-10-14(3)17(15)20(23)19(16)22/h8,10-11,13,21H,4-7,9,12H2,1-3H3/t13-/m0/s1. The number of allylic oxidation sites excluding steroid dienone is 1. The molecule has 0 amide bonds. The number of hydrogen-bond donors (Lipinski definition) is 1. The van der Waals surface area contributed by atoms with Gasteiger partial charge in [-0.25, -0.2) is 0 Å². The molecule has 0 aromatic heterocycles. The number of aryl methyl sites for hydroxylation is 1. The molecule has 23 heavy (non-hydrogen) atoms. The van der Waals surface area contributed by atoms with E-state index in [-0.39, 0.29) is 17.3 Å². The van der Waals surface area contributed by atoms with Gasteiger partial charge in [0.1, 0.15) is 5.76 Å². The number of ketones is 2. The first-order valence-corrected chi connectivity index (χ1v) is 8.58. The Bertz CT molecular complexity index is 640. The minimum Gasteiger partial charge on any atom is -0.507 e. The third-order valence-electron chi connectivity index (χ3n) is 4.62. The minimum absolute atomic E-state index is 0.00583. The Kier molecular flexibility index (Phi) is 5.75. The molecule has 0 unspecified atom stereocenters. The summed E-state index contributed by atoms with van der Waals surface area (Å²) in [5.74, 6) is -0.741. The highest BCUT2D eigenvalue weighted by Crippen LogP contribution is 2.33. The van der Waals surface area contributed by atoms with Gasteiger partial charge in [-0.1, -0.05) is 64.2 Å². The molecule has 2 rings (SSSR count). The van der Waals surface area contributed by atoms with Crippen LogP contribution in [-0.4, -0.2) is 16.7 Å². The van der Waals surface area contributed by atoms with Gasteiger partial charge in [-0.15, -0.1) is 0 Å². The van der Waals surface area contributed by atoms with E-state index in [4.69, 9.17) is 0 Å². The summed E-state index contributed by atoms with van der Waals surface area (Å²) < 4.78 is 0. The lowest BCUT2D eigenvalue weighted by atomic mass is 9.82. The maximum absolute atomic E-state index is 12.4. The average Bonchev–Trinajstić information content (AvgIpc) is 2.53. The molecule has 0 radical (unpaired) electrons. The van der Waals surface area contributed by atoms with E-state index in [1.165, 1.54) is 19.3 Å². The molecule has 1 aliphatic rings. The van der Waals surface area contributed by atoms with Crippen molar-refractivity contribution in [1.29, 1.82) is 0 Å². The summed E-state index contributed by atoms with van der Waals surface area (Å²) in [4.78, 5) is 24.8. The lowest BCUT2D eigenvalue weighted by Gasteiger charge is -2.21. The van der Waals surface area contributed by atoms with E-state index in [0.717, 1.165) is 18.4 Å². The van der Waals surface area contributed by atoms with Crippen molar-refractivity contribution < 1.29 is 14.7 Å². The molecule has 0 saturated heterocycles. The molecule has 1 aliphatic carbocycles. The van der Waals surface area contributed by atoms with Gasteiger partial charge < -0.3 is 5.11 Å². The summed E-state index contributed by atoms with van der Waals surface area (Å²) in [6.07, 6.45) is 6.23. The molecule has 1 N–H and O–H groups in total. The van der Waals surface area contributed by atoms with Crippen LogP contribution in [0.5, 0.6) is 0 Å². The van der Waals surface area contributed by atoms with Crippen molar-refractivity contribution in [3.8, 4) is 0 Å². The van der Waals surface area contributed by atoms with Gasteiger partial charge in [-0.05, 0) is 24.8 Å². The predicted molar refractivity (Wildman–Crippen MR) is 92.6 cm³/mol. The number of unbranched alkanes of at least 4 members (excludes halogenated alkanes) is 3. The number of aliphatic hydroxyl groups excluding tert-OH is 1. The quantitative estimate of drug-likeness (QED) is 0.567. The van der Waals surface area contributed by atoms with Crippen LogP contribution in [0, 0.1) is 12.8 Å². The molecule has 1 aromatic rings. The van der Waals surface area contributed by atoms with Crippen LogP contribution < -0.4 is 0 Å². The molecule has 1 atom stereocenters.